The molecular weight excluding hydrogens is 348 g/mol. The Balaban J connectivity index is 1.81. The Bertz CT molecular complexity index is 1030. The van der Waals surface area contributed by atoms with Gasteiger partial charge in [-0.3, -0.25) is 24.3 Å². The summed E-state index contributed by atoms with van der Waals surface area (Å²) in [5, 5.41) is 15.6. The number of nitrogens with one attached hydrogen (secondary N) is 1. The van der Waals surface area contributed by atoms with Gasteiger partial charge in [0.15, 0.2) is 0 Å². The second-order valence-electron chi connectivity index (χ2n) is 5.01. The van der Waals surface area contributed by atoms with Crippen molar-refractivity contribution in [2.24, 2.45) is 0 Å². The number of thiophene rings is 1. The molecule has 0 atom stereocenters. The molecule has 0 saturated heterocycles. The molecule has 0 aliphatic rings. The Morgan fingerprint density at radius 2 is 2.24 bits per heavy atom. The lowest BCUT2D eigenvalue weighted by Gasteiger charge is -2.10. The molecule has 0 fully saturated rings. The van der Waals surface area contributed by atoms with E-state index in [1.54, 1.807) is 11.4 Å². The summed E-state index contributed by atoms with van der Waals surface area (Å²) in [7, 11) is 1.34. The van der Waals surface area contributed by atoms with E-state index in [1.165, 1.54) is 47.5 Å². The molecule has 1 aromatic carbocycles. The predicted octanol–water partition coefficient (Wildman–Crippen LogP) is 2.01. The maximum absolute atomic E-state index is 12.3. The molecule has 1 N–H and O–H groups in total. The summed E-state index contributed by atoms with van der Waals surface area (Å²) in [6.45, 7) is -0.238. The number of rotatable bonds is 5. The number of fused-ring (bicyclic) bond motifs is 1. The van der Waals surface area contributed by atoms with E-state index in [-0.39, 0.29) is 29.2 Å². The first kappa shape index (κ1) is 16.6. The third-order valence-corrected chi connectivity index (χ3v) is 4.26. The number of nitro benzene ring substituents is 1. The molecule has 3 aromatic rings. The van der Waals surface area contributed by atoms with Gasteiger partial charge in [-0.2, -0.15) is 0 Å². The van der Waals surface area contributed by atoms with Crippen LogP contribution in [0.2, 0.25) is 0 Å². The number of amides is 1. The van der Waals surface area contributed by atoms with E-state index in [2.05, 4.69) is 10.3 Å². The molecule has 0 aliphatic heterocycles. The van der Waals surface area contributed by atoms with Gasteiger partial charge in [0.2, 0.25) is 5.91 Å². The molecule has 0 spiro atoms. The first-order valence-corrected chi connectivity index (χ1v) is 7.92. The molecule has 0 aliphatic carbocycles. The third kappa shape index (κ3) is 3.33. The number of nitro groups is 1. The standard InChI is InChI=1S/C15H12N4O5S/c1-24-12-6-9(19(22)23)2-3-11(12)17-13(20)7-18-8-16-14-10(15(18)21)4-5-25-14/h2-6,8H,7H2,1H3,(H,17,20). The average molecular weight is 360 g/mol. The molecule has 1 amide bonds. The van der Waals surface area contributed by atoms with Crippen molar-refractivity contribution in [2.45, 2.75) is 6.54 Å². The fraction of sp³-hybridized carbons (Fsp3) is 0.133. The Morgan fingerprint density at radius 3 is 2.96 bits per heavy atom. The van der Waals surface area contributed by atoms with Crippen molar-refractivity contribution in [3.8, 4) is 5.75 Å². The minimum atomic E-state index is -0.560. The van der Waals surface area contributed by atoms with Crippen molar-refractivity contribution >= 4 is 38.8 Å². The monoisotopic (exact) mass is 360 g/mol. The van der Waals surface area contributed by atoms with Crippen LogP contribution in [0.1, 0.15) is 0 Å². The molecule has 0 saturated carbocycles. The molecule has 2 heterocycles. The van der Waals surface area contributed by atoms with Gasteiger partial charge in [-0.1, -0.05) is 0 Å². The number of ether oxygens (including phenoxy) is 1. The normalized spacial score (nSPS) is 10.6. The molecule has 0 bridgehead atoms. The summed E-state index contributed by atoms with van der Waals surface area (Å²) in [5.74, 6) is -0.327. The van der Waals surface area contributed by atoms with Gasteiger partial charge in [0, 0.05) is 6.07 Å². The topological polar surface area (TPSA) is 116 Å². The summed E-state index contributed by atoms with van der Waals surface area (Å²) in [6.07, 6.45) is 1.31. The lowest BCUT2D eigenvalue weighted by molar-refractivity contribution is -0.384. The number of nitrogens with zero attached hydrogens (tertiary/aromatic N) is 3. The number of methoxy groups -OCH3 is 1. The van der Waals surface area contributed by atoms with Crippen LogP contribution in [0.25, 0.3) is 10.2 Å². The summed E-state index contributed by atoms with van der Waals surface area (Å²) in [6, 6.07) is 5.49. The highest BCUT2D eigenvalue weighted by molar-refractivity contribution is 7.16. The van der Waals surface area contributed by atoms with E-state index in [9.17, 15) is 19.7 Å². The van der Waals surface area contributed by atoms with Crippen LogP contribution >= 0.6 is 11.3 Å². The van der Waals surface area contributed by atoms with E-state index in [4.69, 9.17) is 4.74 Å². The van der Waals surface area contributed by atoms with Crippen molar-refractivity contribution in [3.63, 3.8) is 0 Å². The summed E-state index contributed by atoms with van der Waals surface area (Å²) in [5.41, 5.74) is -0.189. The van der Waals surface area contributed by atoms with Crippen LogP contribution in [0, 0.1) is 10.1 Å². The van der Waals surface area contributed by atoms with E-state index in [1.807, 2.05) is 0 Å². The van der Waals surface area contributed by atoms with Crippen LogP contribution in [0.3, 0.4) is 0 Å². The second-order valence-corrected chi connectivity index (χ2v) is 5.90. The number of hydrogen-bond donors (Lipinski definition) is 1. The SMILES string of the molecule is COc1cc([N+](=O)[O-])ccc1NC(=O)Cn1cnc2sccc2c1=O. The Hall–Kier alpha value is -3.27. The number of non-ortho nitro benzene ring substituents is 1. The number of anilines is 1. The number of benzene rings is 1. The molecule has 25 heavy (non-hydrogen) atoms. The number of aromatic nitrogens is 2. The molecule has 0 radical (unpaired) electrons. The Labute approximate surface area is 144 Å². The number of carbonyl (C=O) groups excluding carboxylic acids is 1. The largest absolute Gasteiger partial charge is 0.494 e. The van der Waals surface area contributed by atoms with E-state index in [0.717, 1.165) is 0 Å². The van der Waals surface area contributed by atoms with Gasteiger partial charge < -0.3 is 10.1 Å². The zero-order valence-corrected chi connectivity index (χ0v) is 13.8. The first-order valence-electron chi connectivity index (χ1n) is 7.04. The highest BCUT2D eigenvalue weighted by Crippen LogP contribution is 2.28. The minimum Gasteiger partial charge on any atom is -0.494 e. The second kappa shape index (κ2) is 6.69. The molecule has 0 unspecified atom stereocenters. The average Bonchev–Trinajstić information content (AvgIpc) is 3.07. The van der Waals surface area contributed by atoms with Crippen LogP contribution in [-0.4, -0.2) is 27.5 Å². The van der Waals surface area contributed by atoms with E-state index >= 15 is 0 Å². The quantitative estimate of drug-likeness (QED) is 0.549. The lowest BCUT2D eigenvalue weighted by atomic mass is 10.2. The Morgan fingerprint density at radius 1 is 1.44 bits per heavy atom. The molecule has 10 heteroatoms. The van der Waals surface area contributed by atoms with E-state index in [0.29, 0.717) is 10.2 Å². The first-order chi connectivity index (χ1) is 12.0. The third-order valence-electron chi connectivity index (χ3n) is 3.43. The summed E-state index contributed by atoms with van der Waals surface area (Å²) >= 11 is 1.34. The zero-order chi connectivity index (χ0) is 18.0. The Kier molecular flexibility index (Phi) is 4.44. The van der Waals surface area contributed by atoms with Gasteiger partial charge in [-0.25, -0.2) is 4.98 Å². The minimum absolute atomic E-state index is 0.154. The van der Waals surface area contributed by atoms with Crippen LogP contribution in [0.5, 0.6) is 5.75 Å². The van der Waals surface area contributed by atoms with Gasteiger partial charge in [-0.05, 0) is 17.5 Å². The van der Waals surface area contributed by atoms with Crippen LogP contribution in [0.4, 0.5) is 11.4 Å². The molecule has 3 rings (SSSR count). The highest BCUT2D eigenvalue weighted by Gasteiger charge is 2.14. The predicted molar refractivity (Wildman–Crippen MR) is 92.2 cm³/mol. The molecule has 128 valence electrons. The van der Waals surface area contributed by atoms with Gasteiger partial charge in [-0.15, -0.1) is 11.3 Å². The van der Waals surface area contributed by atoms with Crippen molar-refractivity contribution in [3.05, 3.63) is 56.4 Å². The maximum atomic E-state index is 12.3. The molecule has 2 aromatic heterocycles. The van der Waals surface area contributed by atoms with Crippen LogP contribution in [-0.2, 0) is 11.3 Å². The number of carbonyl (C=O) groups is 1. The van der Waals surface area contributed by atoms with Crippen LogP contribution in [0.15, 0.2) is 40.8 Å². The van der Waals surface area contributed by atoms with Gasteiger partial charge in [0.05, 0.1) is 35.5 Å². The maximum Gasteiger partial charge on any atom is 0.273 e. The zero-order valence-electron chi connectivity index (χ0n) is 13.0. The van der Waals surface area contributed by atoms with Crippen molar-refractivity contribution in [1.82, 2.24) is 9.55 Å². The molecule has 9 nitrogen and oxygen atoms in total. The summed E-state index contributed by atoms with van der Waals surface area (Å²) in [4.78, 5) is 39.4. The van der Waals surface area contributed by atoms with Gasteiger partial charge >= 0.3 is 0 Å². The van der Waals surface area contributed by atoms with Crippen molar-refractivity contribution < 1.29 is 14.5 Å². The number of hydrogen-bond acceptors (Lipinski definition) is 7. The fourth-order valence-corrected chi connectivity index (χ4v) is 2.97. The fourth-order valence-electron chi connectivity index (χ4n) is 2.25. The smallest absolute Gasteiger partial charge is 0.273 e. The highest BCUT2D eigenvalue weighted by atomic mass is 32.1. The van der Waals surface area contributed by atoms with Crippen molar-refractivity contribution in [1.29, 1.82) is 0 Å². The summed E-state index contributed by atoms with van der Waals surface area (Å²) < 4.78 is 6.26. The molecular formula is C15H12N4O5S. The van der Waals surface area contributed by atoms with Crippen molar-refractivity contribution in [2.75, 3.05) is 12.4 Å². The van der Waals surface area contributed by atoms with Crippen LogP contribution < -0.4 is 15.6 Å². The van der Waals surface area contributed by atoms with Gasteiger partial charge in [0.25, 0.3) is 11.2 Å². The lowest BCUT2D eigenvalue weighted by Crippen LogP contribution is -2.27. The van der Waals surface area contributed by atoms with E-state index < -0.39 is 10.8 Å². The van der Waals surface area contributed by atoms with Gasteiger partial charge in [0.1, 0.15) is 17.1 Å².